The summed E-state index contributed by atoms with van der Waals surface area (Å²) in [4.78, 5) is 4.64. The third-order valence-electron chi connectivity index (χ3n) is 3.52. The maximum atomic E-state index is 9.81. The highest BCUT2D eigenvalue weighted by Gasteiger charge is 2.24. The quantitative estimate of drug-likeness (QED) is 0.513. The average Bonchev–Trinajstić information content (AvgIpc) is 2.52. The maximum Gasteiger partial charge on any atom is 0.117 e. The number of hydrogen-bond donors (Lipinski definition) is 1. The Kier molecular flexibility index (Phi) is 2.86. The zero-order valence-electron chi connectivity index (χ0n) is 11.2. The molecule has 0 fully saturated rings. The van der Waals surface area contributed by atoms with Crippen LogP contribution in [0.3, 0.4) is 0 Å². The number of fused-ring (bicyclic) bond motifs is 2. The monoisotopic (exact) mass is 291 g/mol. The van der Waals surface area contributed by atoms with E-state index in [0.717, 1.165) is 17.1 Å². The minimum Gasteiger partial charge on any atom is -0.508 e. The average molecular weight is 291 g/mol. The van der Waals surface area contributed by atoms with E-state index in [4.69, 9.17) is 0 Å². The molecule has 1 heterocycles. The third kappa shape index (κ3) is 2.06. The number of phenolic OH excluding ortho intramolecular Hbond substituents is 1. The molecule has 1 aliphatic rings. The lowest BCUT2D eigenvalue weighted by Crippen LogP contribution is -2.14. The van der Waals surface area contributed by atoms with Crippen LogP contribution < -0.4 is 4.90 Å². The van der Waals surface area contributed by atoms with E-state index in [9.17, 15) is 5.11 Å². The van der Waals surface area contributed by atoms with E-state index in [1.165, 1.54) is 9.79 Å². The van der Waals surface area contributed by atoms with Gasteiger partial charge in [0.2, 0.25) is 0 Å². The summed E-state index contributed by atoms with van der Waals surface area (Å²) in [5.41, 5.74) is 3.26. The van der Waals surface area contributed by atoms with Gasteiger partial charge in [-0.25, -0.2) is 0 Å². The molecule has 0 atom stereocenters. The molecule has 0 aliphatic carbocycles. The molecule has 3 heteroatoms. The molecule has 0 aromatic heterocycles. The Balaban J connectivity index is 1.97. The zero-order chi connectivity index (χ0) is 14.2. The summed E-state index contributed by atoms with van der Waals surface area (Å²) < 4.78 is 0. The van der Waals surface area contributed by atoms with E-state index in [0.29, 0.717) is 0 Å². The number of aromatic hydroxyl groups is 1. The summed E-state index contributed by atoms with van der Waals surface area (Å²) >= 11 is 1.78. The van der Waals surface area contributed by atoms with Gasteiger partial charge < -0.3 is 10.0 Å². The minimum absolute atomic E-state index is 0.278. The largest absolute Gasteiger partial charge is 0.508 e. The second-order valence-electron chi connectivity index (χ2n) is 4.89. The number of para-hydroxylation sites is 2. The summed E-state index contributed by atoms with van der Waals surface area (Å²) in [5, 5.41) is 9.81. The lowest BCUT2D eigenvalue weighted by atomic mass is 10.2. The van der Waals surface area contributed by atoms with Crippen LogP contribution in [-0.4, -0.2) is 5.11 Å². The normalized spacial score (nSPS) is 12.7. The lowest BCUT2D eigenvalue weighted by molar-refractivity contribution is 0.475. The fourth-order valence-corrected chi connectivity index (χ4v) is 3.67. The van der Waals surface area contributed by atoms with Crippen LogP contribution in [0.2, 0.25) is 0 Å². The molecule has 0 saturated carbocycles. The number of nitrogens with zero attached hydrogens (tertiary/aromatic N) is 1. The standard InChI is InChI=1S/C18H13NOS/c20-14-7-5-6-13(12-14)19-15-8-1-3-10-17(15)21-18-11-4-2-9-16(18)19/h1-12,20H. The molecule has 0 bridgehead atoms. The van der Waals surface area contributed by atoms with E-state index in [1.807, 2.05) is 24.3 Å². The Morgan fingerprint density at radius 3 is 1.95 bits per heavy atom. The maximum absolute atomic E-state index is 9.81. The first kappa shape index (κ1) is 12.4. The van der Waals surface area contributed by atoms with Gasteiger partial charge in [0.1, 0.15) is 5.75 Å². The first-order valence-corrected chi connectivity index (χ1v) is 7.60. The van der Waals surface area contributed by atoms with Crippen LogP contribution in [-0.2, 0) is 0 Å². The van der Waals surface area contributed by atoms with Crippen LogP contribution in [0.4, 0.5) is 17.1 Å². The van der Waals surface area contributed by atoms with Crippen LogP contribution in [0.15, 0.2) is 82.6 Å². The Morgan fingerprint density at radius 2 is 1.33 bits per heavy atom. The second-order valence-corrected chi connectivity index (χ2v) is 5.98. The minimum atomic E-state index is 0.278. The molecule has 2 nitrogen and oxygen atoms in total. The lowest BCUT2D eigenvalue weighted by Gasteiger charge is -2.32. The SMILES string of the molecule is Oc1cccc(N2c3ccccc3Sc3ccccc32)c1. The van der Waals surface area contributed by atoms with Crippen molar-refractivity contribution in [3.8, 4) is 5.75 Å². The van der Waals surface area contributed by atoms with Gasteiger partial charge in [-0.3, -0.25) is 0 Å². The second kappa shape index (κ2) is 4.86. The predicted octanol–water partition coefficient (Wildman–Crippen LogP) is 5.33. The number of benzene rings is 3. The molecule has 0 saturated heterocycles. The van der Waals surface area contributed by atoms with Crippen molar-refractivity contribution in [3.63, 3.8) is 0 Å². The van der Waals surface area contributed by atoms with Gasteiger partial charge in [-0.05, 0) is 36.4 Å². The van der Waals surface area contributed by atoms with Gasteiger partial charge in [-0.15, -0.1) is 0 Å². The molecule has 3 aromatic rings. The van der Waals surface area contributed by atoms with E-state index in [2.05, 4.69) is 41.3 Å². The highest BCUT2D eigenvalue weighted by atomic mass is 32.2. The van der Waals surface area contributed by atoms with Gasteiger partial charge in [-0.1, -0.05) is 42.1 Å². The summed E-state index contributed by atoms with van der Waals surface area (Å²) in [5.74, 6) is 0.278. The molecular formula is C18H13NOS. The van der Waals surface area contributed by atoms with Crippen molar-refractivity contribution in [1.29, 1.82) is 0 Å². The van der Waals surface area contributed by atoms with Gasteiger partial charge in [0.25, 0.3) is 0 Å². The molecule has 102 valence electrons. The highest BCUT2D eigenvalue weighted by molar-refractivity contribution is 7.99. The van der Waals surface area contributed by atoms with Crippen molar-refractivity contribution in [3.05, 3.63) is 72.8 Å². The fraction of sp³-hybridized carbons (Fsp3) is 0. The molecule has 0 unspecified atom stereocenters. The van der Waals surface area contributed by atoms with Crippen LogP contribution in [0.1, 0.15) is 0 Å². The summed E-state index contributed by atoms with van der Waals surface area (Å²) in [6, 6.07) is 24.1. The van der Waals surface area contributed by atoms with Gasteiger partial charge >= 0.3 is 0 Å². The third-order valence-corrected chi connectivity index (χ3v) is 4.65. The molecule has 3 aromatic carbocycles. The number of hydrogen-bond acceptors (Lipinski definition) is 3. The van der Waals surface area contributed by atoms with Gasteiger partial charge in [-0.2, -0.15) is 0 Å². The number of anilines is 3. The van der Waals surface area contributed by atoms with Crippen LogP contribution in [0.5, 0.6) is 5.75 Å². The van der Waals surface area contributed by atoms with E-state index in [-0.39, 0.29) is 5.75 Å². The van der Waals surface area contributed by atoms with Crippen LogP contribution >= 0.6 is 11.8 Å². The first-order valence-electron chi connectivity index (χ1n) is 6.78. The summed E-state index contributed by atoms with van der Waals surface area (Å²) in [7, 11) is 0. The van der Waals surface area contributed by atoms with Gasteiger partial charge in [0.05, 0.1) is 11.4 Å². The molecule has 0 spiro atoms. The van der Waals surface area contributed by atoms with Gasteiger partial charge in [0, 0.05) is 21.5 Å². The number of phenols is 1. The zero-order valence-corrected chi connectivity index (χ0v) is 12.0. The van der Waals surface area contributed by atoms with Crippen molar-refractivity contribution in [2.45, 2.75) is 9.79 Å². The van der Waals surface area contributed by atoms with Gasteiger partial charge in [0.15, 0.2) is 0 Å². The van der Waals surface area contributed by atoms with E-state index < -0.39 is 0 Å². The Bertz CT molecular complexity index is 770. The predicted molar refractivity (Wildman–Crippen MR) is 86.9 cm³/mol. The smallest absolute Gasteiger partial charge is 0.117 e. The Labute approximate surface area is 127 Å². The van der Waals surface area contributed by atoms with Crippen LogP contribution in [0.25, 0.3) is 0 Å². The molecule has 4 rings (SSSR count). The highest BCUT2D eigenvalue weighted by Crippen LogP contribution is 2.51. The molecule has 21 heavy (non-hydrogen) atoms. The van der Waals surface area contributed by atoms with E-state index >= 15 is 0 Å². The first-order chi connectivity index (χ1) is 10.3. The molecule has 0 radical (unpaired) electrons. The summed E-state index contributed by atoms with van der Waals surface area (Å²) in [6.07, 6.45) is 0. The van der Waals surface area contributed by atoms with Crippen molar-refractivity contribution in [1.82, 2.24) is 0 Å². The Hall–Kier alpha value is -2.39. The fourth-order valence-electron chi connectivity index (χ4n) is 2.61. The van der Waals surface area contributed by atoms with Crippen molar-refractivity contribution < 1.29 is 5.11 Å². The molecular weight excluding hydrogens is 278 g/mol. The Morgan fingerprint density at radius 1 is 0.714 bits per heavy atom. The van der Waals surface area contributed by atoms with E-state index in [1.54, 1.807) is 23.9 Å². The topological polar surface area (TPSA) is 23.5 Å². The van der Waals surface area contributed by atoms with Crippen molar-refractivity contribution >= 4 is 28.8 Å². The molecule has 1 N–H and O–H groups in total. The molecule has 0 amide bonds. The van der Waals surface area contributed by atoms with Crippen molar-refractivity contribution in [2.75, 3.05) is 4.90 Å². The summed E-state index contributed by atoms with van der Waals surface area (Å²) in [6.45, 7) is 0. The number of rotatable bonds is 1. The van der Waals surface area contributed by atoms with Crippen molar-refractivity contribution in [2.24, 2.45) is 0 Å². The van der Waals surface area contributed by atoms with Crippen LogP contribution in [0, 0.1) is 0 Å². The molecule has 1 aliphatic heterocycles.